The van der Waals surface area contributed by atoms with Gasteiger partial charge in [-0.25, -0.2) is 0 Å². The van der Waals surface area contributed by atoms with E-state index in [2.05, 4.69) is 39.6 Å². The van der Waals surface area contributed by atoms with Crippen LogP contribution in [-0.4, -0.2) is 36.5 Å². The van der Waals surface area contributed by atoms with Gasteiger partial charge in [-0.1, -0.05) is 24.4 Å². The fourth-order valence-electron chi connectivity index (χ4n) is 2.56. The van der Waals surface area contributed by atoms with Crippen LogP contribution in [0.1, 0.15) is 11.7 Å². The van der Waals surface area contributed by atoms with Crippen molar-refractivity contribution in [2.24, 2.45) is 0 Å². The van der Waals surface area contributed by atoms with Crippen molar-refractivity contribution in [2.75, 3.05) is 26.2 Å². The second-order valence-electron chi connectivity index (χ2n) is 5.41. The van der Waals surface area contributed by atoms with Crippen molar-refractivity contribution in [1.29, 1.82) is 0 Å². The minimum absolute atomic E-state index is 0.103. The van der Waals surface area contributed by atoms with E-state index >= 15 is 0 Å². The molecule has 1 saturated heterocycles. The number of hydrogen-bond donors (Lipinski definition) is 0. The van der Waals surface area contributed by atoms with Crippen molar-refractivity contribution in [3.8, 4) is 11.5 Å². The Morgan fingerprint density at radius 1 is 1.13 bits per heavy atom. The first-order valence-electron chi connectivity index (χ1n) is 7.55. The Bertz CT molecular complexity index is 645. The highest BCUT2D eigenvalue weighted by atomic mass is 127. The van der Waals surface area contributed by atoms with Crippen molar-refractivity contribution in [2.45, 2.75) is 6.10 Å². The average Bonchev–Trinajstić information content (AvgIpc) is 2.58. The van der Waals surface area contributed by atoms with Gasteiger partial charge in [0.15, 0.2) is 0 Å². The molecule has 0 bridgehead atoms. The van der Waals surface area contributed by atoms with Gasteiger partial charge in [-0.3, -0.25) is 4.90 Å². The van der Waals surface area contributed by atoms with Crippen LogP contribution < -0.4 is 4.74 Å². The fraction of sp³-hybridized carbons (Fsp3) is 0.278. The molecule has 3 rings (SSSR count). The topological polar surface area (TPSA) is 21.7 Å². The third-order valence-corrected chi connectivity index (χ3v) is 4.65. The quantitative estimate of drug-likeness (QED) is 0.507. The van der Waals surface area contributed by atoms with Crippen molar-refractivity contribution < 1.29 is 9.47 Å². The number of thiocarbonyl (C=S) groups is 1. The third-order valence-electron chi connectivity index (χ3n) is 3.78. The van der Waals surface area contributed by atoms with Crippen LogP contribution in [0.2, 0.25) is 0 Å². The van der Waals surface area contributed by atoms with E-state index in [9.17, 15) is 0 Å². The lowest BCUT2D eigenvalue weighted by Gasteiger charge is -2.32. The normalized spacial score (nSPS) is 18.6. The smallest absolute Gasteiger partial charge is 0.127 e. The molecule has 1 heterocycles. The molecule has 0 radical (unpaired) electrons. The van der Waals surface area contributed by atoms with Crippen molar-refractivity contribution in [3.63, 3.8) is 0 Å². The summed E-state index contributed by atoms with van der Waals surface area (Å²) in [5.74, 6) is 1.68. The van der Waals surface area contributed by atoms with Gasteiger partial charge in [0.25, 0.3) is 0 Å². The molecule has 5 heteroatoms. The summed E-state index contributed by atoms with van der Waals surface area (Å²) in [6, 6.07) is 16.2. The van der Waals surface area contributed by atoms with E-state index in [1.165, 1.54) is 9.13 Å². The molecular weight excluding hydrogens is 421 g/mol. The first-order valence-corrected chi connectivity index (χ1v) is 9.10. The van der Waals surface area contributed by atoms with E-state index in [0.717, 1.165) is 37.7 Å². The van der Waals surface area contributed by atoms with Crippen LogP contribution in [0.5, 0.6) is 11.5 Å². The number of halogens is 1. The van der Waals surface area contributed by atoms with Gasteiger partial charge in [-0.15, -0.1) is 0 Å². The van der Waals surface area contributed by atoms with Gasteiger partial charge in [0.05, 0.1) is 12.7 Å². The van der Waals surface area contributed by atoms with Gasteiger partial charge >= 0.3 is 0 Å². The highest BCUT2D eigenvalue weighted by molar-refractivity contribution is 14.1. The van der Waals surface area contributed by atoms with E-state index in [4.69, 9.17) is 21.7 Å². The molecule has 1 aliphatic rings. The Balaban J connectivity index is 1.64. The van der Waals surface area contributed by atoms with Crippen molar-refractivity contribution in [1.82, 2.24) is 4.90 Å². The number of hydrogen-bond acceptors (Lipinski definition) is 4. The molecule has 3 nitrogen and oxygen atoms in total. The number of morpholine rings is 1. The molecule has 1 aliphatic heterocycles. The Labute approximate surface area is 155 Å². The molecule has 0 aromatic heterocycles. The summed E-state index contributed by atoms with van der Waals surface area (Å²) in [6.07, 6.45) is 0.103. The van der Waals surface area contributed by atoms with E-state index in [1.807, 2.05) is 36.4 Å². The lowest BCUT2D eigenvalue weighted by Crippen LogP contribution is -2.39. The van der Waals surface area contributed by atoms with Gasteiger partial charge in [0.1, 0.15) is 11.5 Å². The number of ether oxygens (including phenoxy) is 2. The summed E-state index contributed by atoms with van der Waals surface area (Å²) in [7, 11) is 0. The van der Waals surface area contributed by atoms with Gasteiger partial charge in [-0.2, -0.15) is 0 Å². The monoisotopic (exact) mass is 439 g/mol. The summed E-state index contributed by atoms with van der Waals surface area (Å²) in [4.78, 5) is 2.32. The standard InChI is InChI=1S/C18H18INO2S/c19-15-3-7-17(8-4-15)22-16-5-1-14(2-6-16)18-13-20(10-12-23)9-11-21-18/h1-8,12,18H,9-11,13H2. The lowest BCUT2D eigenvalue weighted by molar-refractivity contribution is -0.0242. The second-order valence-corrected chi connectivity index (χ2v) is 6.99. The summed E-state index contributed by atoms with van der Waals surface area (Å²) in [5.41, 5.74) is 1.18. The molecule has 1 atom stereocenters. The molecule has 2 aromatic rings. The van der Waals surface area contributed by atoms with E-state index in [-0.39, 0.29) is 6.10 Å². The predicted octanol–water partition coefficient (Wildman–Crippen LogP) is 4.46. The summed E-state index contributed by atoms with van der Waals surface area (Å²) in [6.45, 7) is 3.40. The van der Waals surface area contributed by atoms with Crippen molar-refractivity contribution >= 4 is 40.2 Å². The Kier molecular flexibility index (Phi) is 5.99. The predicted molar refractivity (Wildman–Crippen MR) is 104 cm³/mol. The maximum atomic E-state index is 5.88. The zero-order valence-electron chi connectivity index (χ0n) is 12.7. The second kappa shape index (κ2) is 8.19. The van der Waals surface area contributed by atoms with Gasteiger partial charge in [-0.05, 0) is 69.9 Å². The first kappa shape index (κ1) is 16.8. The average molecular weight is 439 g/mol. The Morgan fingerprint density at radius 3 is 2.43 bits per heavy atom. The highest BCUT2D eigenvalue weighted by Gasteiger charge is 2.21. The summed E-state index contributed by atoms with van der Waals surface area (Å²) in [5, 5.41) is 1.78. The lowest BCUT2D eigenvalue weighted by atomic mass is 10.1. The van der Waals surface area contributed by atoms with E-state index in [0.29, 0.717) is 0 Å². The first-order chi connectivity index (χ1) is 11.2. The maximum absolute atomic E-state index is 5.88. The molecule has 1 unspecified atom stereocenters. The molecule has 0 N–H and O–H groups in total. The van der Waals surface area contributed by atoms with Gasteiger partial charge < -0.3 is 9.47 Å². The molecule has 0 spiro atoms. The zero-order valence-corrected chi connectivity index (χ0v) is 15.6. The third kappa shape index (κ3) is 4.73. The van der Waals surface area contributed by atoms with Crippen LogP contribution in [0, 0.1) is 3.57 Å². The minimum Gasteiger partial charge on any atom is -0.457 e. The number of benzene rings is 2. The van der Waals surface area contributed by atoms with Crippen LogP contribution in [-0.2, 0) is 4.74 Å². The zero-order chi connectivity index (χ0) is 16.1. The fourth-order valence-corrected chi connectivity index (χ4v) is 3.14. The molecule has 0 saturated carbocycles. The van der Waals surface area contributed by atoms with E-state index < -0.39 is 0 Å². The van der Waals surface area contributed by atoms with Gasteiger partial charge in [0, 0.05) is 23.2 Å². The van der Waals surface area contributed by atoms with Crippen LogP contribution in [0.3, 0.4) is 0 Å². The number of rotatable bonds is 5. The van der Waals surface area contributed by atoms with Crippen molar-refractivity contribution in [3.05, 3.63) is 57.7 Å². The number of nitrogens with zero attached hydrogens (tertiary/aromatic N) is 1. The SMILES string of the molecule is S=CCN1CCOC(c2ccc(Oc3ccc(I)cc3)cc2)C1. The van der Waals surface area contributed by atoms with E-state index in [1.54, 1.807) is 5.37 Å². The van der Waals surface area contributed by atoms with Crippen LogP contribution in [0.25, 0.3) is 0 Å². The maximum Gasteiger partial charge on any atom is 0.127 e. The highest BCUT2D eigenvalue weighted by Crippen LogP contribution is 2.27. The minimum atomic E-state index is 0.103. The molecule has 120 valence electrons. The summed E-state index contributed by atoms with van der Waals surface area (Å²) < 4.78 is 12.9. The molecule has 1 fully saturated rings. The Hall–Kier alpha value is -1.02. The van der Waals surface area contributed by atoms with Gasteiger partial charge in [0.2, 0.25) is 0 Å². The molecule has 23 heavy (non-hydrogen) atoms. The largest absolute Gasteiger partial charge is 0.457 e. The summed E-state index contributed by atoms with van der Waals surface area (Å²) >= 11 is 7.23. The molecular formula is C18H18INO2S. The van der Waals surface area contributed by atoms with Crippen LogP contribution >= 0.6 is 34.8 Å². The molecule has 0 amide bonds. The van der Waals surface area contributed by atoms with Crippen LogP contribution in [0.4, 0.5) is 0 Å². The van der Waals surface area contributed by atoms with Crippen LogP contribution in [0.15, 0.2) is 48.5 Å². The Morgan fingerprint density at radius 2 is 1.78 bits per heavy atom. The molecule has 0 aliphatic carbocycles. The molecule has 2 aromatic carbocycles.